The van der Waals surface area contributed by atoms with Crippen molar-refractivity contribution < 1.29 is 9.90 Å². The Morgan fingerprint density at radius 1 is 1.39 bits per heavy atom. The van der Waals surface area contributed by atoms with Crippen molar-refractivity contribution >= 4 is 6.03 Å². The number of hydrogen-bond donors (Lipinski definition) is 2. The number of carbonyl (C=O) groups excluding carboxylic acids is 1. The smallest absolute Gasteiger partial charge is 0.317 e. The molecule has 0 saturated carbocycles. The number of aliphatic hydroxyl groups excluding tert-OH is 1. The standard InChI is InChI=1S/C14H28N2O2/c1-11(2)6-4-5-8-15-14(18)16-9-7-13(10-16)12(3)17/h11-13,17H,4-10H2,1-3H3,(H,15,18)/t12-,13+/m1/s1. The first kappa shape index (κ1) is 15.3. The van der Waals surface area contributed by atoms with Crippen LogP contribution < -0.4 is 5.32 Å². The van der Waals surface area contributed by atoms with Crippen molar-refractivity contribution in [3.05, 3.63) is 0 Å². The lowest BCUT2D eigenvalue weighted by Gasteiger charge is -2.18. The van der Waals surface area contributed by atoms with Gasteiger partial charge in [-0.1, -0.05) is 26.7 Å². The van der Waals surface area contributed by atoms with E-state index in [2.05, 4.69) is 19.2 Å². The zero-order valence-electron chi connectivity index (χ0n) is 12.0. The monoisotopic (exact) mass is 256 g/mol. The van der Waals surface area contributed by atoms with Gasteiger partial charge in [-0.15, -0.1) is 0 Å². The number of amides is 2. The number of carbonyl (C=O) groups is 1. The summed E-state index contributed by atoms with van der Waals surface area (Å²) in [5.74, 6) is 0.989. The molecular weight excluding hydrogens is 228 g/mol. The molecule has 0 radical (unpaired) electrons. The zero-order valence-corrected chi connectivity index (χ0v) is 12.0. The van der Waals surface area contributed by atoms with Crippen LogP contribution in [0.1, 0.15) is 46.5 Å². The number of nitrogens with zero attached hydrogens (tertiary/aromatic N) is 1. The van der Waals surface area contributed by atoms with Gasteiger partial charge in [0.2, 0.25) is 0 Å². The summed E-state index contributed by atoms with van der Waals surface area (Å²) in [6, 6.07) is 0.0303. The predicted molar refractivity (Wildman–Crippen MR) is 73.4 cm³/mol. The number of urea groups is 1. The third-order valence-electron chi connectivity index (χ3n) is 3.68. The van der Waals surface area contributed by atoms with Gasteiger partial charge in [0.15, 0.2) is 0 Å². The van der Waals surface area contributed by atoms with Gasteiger partial charge < -0.3 is 15.3 Å². The quantitative estimate of drug-likeness (QED) is 0.716. The van der Waals surface area contributed by atoms with Gasteiger partial charge in [-0.05, 0) is 25.7 Å². The maximum absolute atomic E-state index is 11.8. The average Bonchev–Trinajstić information content (AvgIpc) is 2.77. The fourth-order valence-corrected chi connectivity index (χ4v) is 2.35. The number of rotatable bonds is 6. The van der Waals surface area contributed by atoms with Gasteiger partial charge in [-0.2, -0.15) is 0 Å². The summed E-state index contributed by atoms with van der Waals surface area (Å²) in [6.45, 7) is 8.47. The largest absolute Gasteiger partial charge is 0.393 e. The van der Waals surface area contributed by atoms with E-state index in [1.54, 1.807) is 6.92 Å². The van der Waals surface area contributed by atoms with Crippen LogP contribution in [0.5, 0.6) is 0 Å². The summed E-state index contributed by atoms with van der Waals surface area (Å²) >= 11 is 0. The topological polar surface area (TPSA) is 52.6 Å². The first-order valence-corrected chi connectivity index (χ1v) is 7.21. The molecule has 2 N–H and O–H groups in total. The van der Waals surface area contributed by atoms with Gasteiger partial charge >= 0.3 is 6.03 Å². The van der Waals surface area contributed by atoms with Crippen LogP contribution in [0.15, 0.2) is 0 Å². The third kappa shape index (κ3) is 5.25. The molecule has 0 spiro atoms. The second kappa shape index (κ2) is 7.62. The molecule has 2 atom stereocenters. The summed E-state index contributed by atoms with van der Waals surface area (Å²) in [5.41, 5.74) is 0. The normalized spacial score (nSPS) is 21.4. The van der Waals surface area contributed by atoms with Crippen LogP contribution in [0.2, 0.25) is 0 Å². The SMILES string of the molecule is CC(C)CCCCNC(=O)N1CC[C@H]([C@@H](C)O)C1. The molecule has 2 amide bonds. The molecule has 0 aliphatic carbocycles. The molecule has 0 bridgehead atoms. The molecule has 1 aliphatic rings. The van der Waals surface area contributed by atoms with Gasteiger partial charge in [0.05, 0.1) is 6.10 Å². The Morgan fingerprint density at radius 3 is 2.67 bits per heavy atom. The minimum atomic E-state index is -0.311. The zero-order chi connectivity index (χ0) is 13.5. The Hall–Kier alpha value is -0.770. The molecule has 1 rings (SSSR count). The molecule has 1 fully saturated rings. The van der Waals surface area contributed by atoms with E-state index in [0.717, 1.165) is 31.8 Å². The highest BCUT2D eigenvalue weighted by molar-refractivity contribution is 5.74. The van der Waals surface area contributed by atoms with E-state index in [-0.39, 0.29) is 18.1 Å². The van der Waals surface area contributed by atoms with E-state index in [1.807, 2.05) is 4.90 Å². The molecule has 18 heavy (non-hydrogen) atoms. The summed E-state index contributed by atoms with van der Waals surface area (Å²) < 4.78 is 0. The number of aliphatic hydroxyl groups is 1. The predicted octanol–water partition coefficient (Wildman–Crippen LogP) is 2.23. The lowest BCUT2D eigenvalue weighted by Crippen LogP contribution is -2.39. The highest BCUT2D eigenvalue weighted by Crippen LogP contribution is 2.19. The van der Waals surface area contributed by atoms with Crippen LogP contribution in [0, 0.1) is 11.8 Å². The van der Waals surface area contributed by atoms with Crippen LogP contribution in [-0.4, -0.2) is 41.8 Å². The number of likely N-dealkylation sites (tertiary alicyclic amines) is 1. The number of hydrogen-bond acceptors (Lipinski definition) is 2. The molecule has 0 unspecified atom stereocenters. The highest BCUT2D eigenvalue weighted by Gasteiger charge is 2.28. The van der Waals surface area contributed by atoms with Crippen LogP contribution in [0.25, 0.3) is 0 Å². The van der Waals surface area contributed by atoms with Crippen LogP contribution in [0.3, 0.4) is 0 Å². The van der Waals surface area contributed by atoms with Crippen molar-refractivity contribution in [3.8, 4) is 0 Å². The molecule has 4 heteroatoms. The number of unbranched alkanes of at least 4 members (excludes halogenated alkanes) is 1. The van der Waals surface area contributed by atoms with Crippen molar-refractivity contribution in [1.29, 1.82) is 0 Å². The average molecular weight is 256 g/mol. The lowest BCUT2D eigenvalue weighted by molar-refractivity contribution is 0.129. The number of nitrogens with one attached hydrogen (secondary N) is 1. The first-order valence-electron chi connectivity index (χ1n) is 7.21. The van der Waals surface area contributed by atoms with E-state index in [0.29, 0.717) is 6.54 Å². The van der Waals surface area contributed by atoms with Gasteiger partial charge in [0.25, 0.3) is 0 Å². The van der Waals surface area contributed by atoms with Gasteiger partial charge in [0, 0.05) is 25.6 Å². The molecule has 4 nitrogen and oxygen atoms in total. The molecule has 1 saturated heterocycles. The van der Waals surface area contributed by atoms with Crippen molar-refractivity contribution in [2.45, 2.75) is 52.6 Å². The maximum Gasteiger partial charge on any atom is 0.317 e. The van der Waals surface area contributed by atoms with E-state index in [4.69, 9.17) is 0 Å². The van der Waals surface area contributed by atoms with Crippen molar-refractivity contribution in [1.82, 2.24) is 10.2 Å². The molecule has 106 valence electrons. The van der Waals surface area contributed by atoms with Crippen molar-refractivity contribution in [2.24, 2.45) is 11.8 Å². The molecule has 1 heterocycles. The second-order valence-corrected chi connectivity index (χ2v) is 5.86. The van der Waals surface area contributed by atoms with Crippen LogP contribution >= 0.6 is 0 Å². The summed E-state index contributed by atoms with van der Waals surface area (Å²) in [6.07, 6.45) is 4.06. The Kier molecular flexibility index (Phi) is 6.47. The van der Waals surface area contributed by atoms with E-state index in [9.17, 15) is 9.90 Å². The van der Waals surface area contributed by atoms with Gasteiger partial charge in [-0.3, -0.25) is 0 Å². The molecular formula is C14H28N2O2. The minimum absolute atomic E-state index is 0.0303. The highest BCUT2D eigenvalue weighted by atomic mass is 16.3. The Labute approximate surface area is 111 Å². The summed E-state index contributed by atoms with van der Waals surface area (Å²) in [5, 5.41) is 12.5. The van der Waals surface area contributed by atoms with Gasteiger partial charge in [0.1, 0.15) is 0 Å². The Balaban J connectivity index is 2.11. The minimum Gasteiger partial charge on any atom is -0.393 e. The molecule has 1 aliphatic heterocycles. The second-order valence-electron chi connectivity index (χ2n) is 5.86. The van der Waals surface area contributed by atoms with E-state index < -0.39 is 0 Å². The fourth-order valence-electron chi connectivity index (χ4n) is 2.35. The fraction of sp³-hybridized carbons (Fsp3) is 0.929. The van der Waals surface area contributed by atoms with E-state index >= 15 is 0 Å². The van der Waals surface area contributed by atoms with Crippen molar-refractivity contribution in [2.75, 3.05) is 19.6 Å². The molecule has 0 aromatic heterocycles. The lowest BCUT2D eigenvalue weighted by atomic mass is 10.0. The van der Waals surface area contributed by atoms with Gasteiger partial charge in [-0.25, -0.2) is 4.79 Å². The van der Waals surface area contributed by atoms with Crippen molar-refractivity contribution in [3.63, 3.8) is 0 Å². The molecule has 0 aromatic carbocycles. The third-order valence-corrected chi connectivity index (χ3v) is 3.68. The van der Waals surface area contributed by atoms with Crippen LogP contribution in [0.4, 0.5) is 4.79 Å². The Morgan fingerprint density at radius 2 is 2.11 bits per heavy atom. The maximum atomic E-state index is 11.8. The van der Waals surface area contributed by atoms with Crippen LogP contribution in [-0.2, 0) is 0 Å². The first-order chi connectivity index (χ1) is 8.50. The summed E-state index contributed by atoms with van der Waals surface area (Å²) in [4.78, 5) is 13.7. The van der Waals surface area contributed by atoms with E-state index in [1.165, 1.54) is 12.8 Å². The Bertz CT molecular complexity index is 254. The summed E-state index contributed by atoms with van der Waals surface area (Å²) in [7, 11) is 0. The molecule has 0 aromatic rings.